The van der Waals surface area contributed by atoms with E-state index < -0.39 is 0 Å². The van der Waals surface area contributed by atoms with E-state index in [9.17, 15) is 9.90 Å². The molecule has 0 aliphatic heterocycles. The van der Waals surface area contributed by atoms with Gasteiger partial charge in [0.15, 0.2) is 0 Å². The Morgan fingerprint density at radius 2 is 2.11 bits per heavy atom. The molecule has 1 saturated carbocycles. The fourth-order valence-electron chi connectivity index (χ4n) is 3.31. The fourth-order valence-corrected chi connectivity index (χ4v) is 4.48. The summed E-state index contributed by atoms with van der Waals surface area (Å²) in [6.45, 7) is 0.805. The maximum Gasteiger partial charge on any atom is 0.261 e. The van der Waals surface area contributed by atoms with Gasteiger partial charge < -0.3 is 10.4 Å². The monoisotopic (exact) mass is 279 g/mol. The second-order valence-corrected chi connectivity index (χ2v) is 7.10. The van der Waals surface area contributed by atoms with E-state index >= 15 is 0 Å². The van der Waals surface area contributed by atoms with E-state index in [0.717, 1.165) is 30.6 Å². The van der Waals surface area contributed by atoms with Crippen LogP contribution in [0.3, 0.4) is 0 Å². The zero-order valence-corrected chi connectivity index (χ0v) is 12.0. The Bertz CT molecular complexity index is 453. The Hall–Kier alpha value is -0.870. The smallest absolute Gasteiger partial charge is 0.261 e. The van der Waals surface area contributed by atoms with E-state index in [1.807, 2.05) is 0 Å². The number of carbonyl (C=O) groups is 1. The molecule has 1 aromatic rings. The molecule has 0 aromatic carbocycles. The number of rotatable bonds is 4. The van der Waals surface area contributed by atoms with Crippen LogP contribution in [-0.4, -0.2) is 24.2 Å². The molecule has 1 fully saturated rings. The van der Waals surface area contributed by atoms with Gasteiger partial charge in [0.25, 0.3) is 5.91 Å². The number of hydrogen-bond donors (Lipinski definition) is 2. The molecule has 1 amide bonds. The van der Waals surface area contributed by atoms with Crippen molar-refractivity contribution in [2.24, 2.45) is 5.41 Å². The molecular weight excluding hydrogens is 258 g/mol. The summed E-state index contributed by atoms with van der Waals surface area (Å²) in [6, 6.07) is 2.06. The molecule has 4 heteroatoms. The van der Waals surface area contributed by atoms with E-state index in [-0.39, 0.29) is 17.9 Å². The molecule has 0 bridgehead atoms. The van der Waals surface area contributed by atoms with Gasteiger partial charge in [0.2, 0.25) is 0 Å². The quantitative estimate of drug-likeness (QED) is 0.890. The minimum atomic E-state index is -0.0599. The Morgan fingerprint density at radius 3 is 2.79 bits per heavy atom. The zero-order chi connectivity index (χ0) is 13.3. The van der Waals surface area contributed by atoms with Crippen molar-refractivity contribution in [3.05, 3.63) is 21.4 Å². The maximum absolute atomic E-state index is 12.2. The SMILES string of the molecule is O=C(NCC1(CO)CCCC1)c1cc2c(s1)CCC2. The van der Waals surface area contributed by atoms with Crippen LogP contribution in [0.2, 0.25) is 0 Å². The van der Waals surface area contributed by atoms with Crippen LogP contribution in [0.25, 0.3) is 0 Å². The molecule has 2 N–H and O–H groups in total. The van der Waals surface area contributed by atoms with Gasteiger partial charge in [0.05, 0.1) is 11.5 Å². The summed E-state index contributed by atoms with van der Waals surface area (Å²) >= 11 is 1.64. The summed E-state index contributed by atoms with van der Waals surface area (Å²) in [5, 5.41) is 12.6. The molecule has 3 rings (SSSR count). The summed E-state index contributed by atoms with van der Waals surface area (Å²) in [4.78, 5) is 14.4. The van der Waals surface area contributed by atoms with Gasteiger partial charge in [-0.05, 0) is 43.7 Å². The summed E-state index contributed by atoms with van der Waals surface area (Å²) < 4.78 is 0. The van der Waals surface area contributed by atoms with Crippen LogP contribution in [0, 0.1) is 5.41 Å². The van der Waals surface area contributed by atoms with Crippen LogP contribution in [0.4, 0.5) is 0 Å². The summed E-state index contributed by atoms with van der Waals surface area (Å²) in [7, 11) is 0. The first-order chi connectivity index (χ1) is 9.22. The van der Waals surface area contributed by atoms with E-state index in [2.05, 4.69) is 11.4 Å². The van der Waals surface area contributed by atoms with Crippen LogP contribution in [0.1, 0.15) is 52.2 Å². The first-order valence-electron chi connectivity index (χ1n) is 7.23. The van der Waals surface area contributed by atoms with Gasteiger partial charge in [-0.15, -0.1) is 11.3 Å². The second-order valence-electron chi connectivity index (χ2n) is 5.96. The maximum atomic E-state index is 12.2. The minimum absolute atomic E-state index is 0.0409. The number of nitrogens with one attached hydrogen (secondary N) is 1. The van der Waals surface area contributed by atoms with Crippen molar-refractivity contribution in [2.45, 2.75) is 44.9 Å². The Balaban J connectivity index is 1.61. The molecule has 1 aromatic heterocycles. The average molecular weight is 279 g/mol. The molecule has 1 heterocycles. The lowest BCUT2D eigenvalue weighted by atomic mass is 9.87. The Morgan fingerprint density at radius 1 is 1.32 bits per heavy atom. The summed E-state index contributed by atoms with van der Waals surface area (Å²) in [6.07, 6.45) is 7.90. The Labute approximate surface area is 118 Å². The van der Waals surface area contributed by atoms with Gasteiger partial charge in [-0.2, -0.15) is 0 Å². The lowest BCUT2D eigenvalue weighted by Crippen LogP contribution is -2.38. The molecule has 0 unspecified atom stereocenters. The zero-order valence-electron chi connectivity index (χ0n) is 11.2. The highest BCUT2D eigenvalue weighted by Crippen LogP contribution is 2.37. The topological polar surface area (TPSA) is 49.3 Å². The normalized spacial score (nSPS) is 20.5. The lowest BCUT2D eigenvalue weighted by molar-refractivity contribution is 0.0884. The predicted molar refractivity (Wildman–Crippen MR) is 76.7 cm³/mol. The second kappa shape index (κ2) is 5.25. The molecule has 3 nitrogen and oxygen atoms in total. The van der Waals surface area contributed by atoms with Gasteiger partial charge in [0.1, 0.15) is 0 Å². The van der Waals surface area contributed by atoms with Gasteiger partial charge in [-0.1, -0.05) is 12.8 Å². The molecule has 0 atom stereocenters. The number of hydrogen-bond acceptors (Lipinski definition) is 3. The third-order valence-electron chi connectivity index (χ3n) is 4.59. The highest BCUT2D eigenvalue weighted by atomic mass is 32.1. The Kier molecular flexibility index (Phi) is 3.63. The van der Waals surface area contributed by atoms with Crippen LogP contribution in [0.5, 0.6) is 0 Å². The average Bonchev–Trinajstić information content (AvgIpc) is 3.11. The number of aliphatic hydroxyl groups excluding tert-OH is 1. The van der Waals surface area contributed by atoms with Crippen molar-refractivity contribution in [2.75, 3.05) is 13.2 Å². The number of amides is 1. The van der Waals surface area contributed by atoms with Crippen LogP contribution >= 0.6 is 11.3 Å². The van der Waals surface area contributed by atoms with Crippen molar-refractivity contribution in [3.8, 4) is 0 Å². The van der Waals surface area contributed by atoms with Crippen molar-refractivity contribution < 1.29 is 9.90 Å². The predicted octanol–water partition coefficient (Wildman–Crippen LogP) is 2.52. The van der Waals surface area contributed by atoms with E-state index in [4.69, 9.17) is 0 Å². The summed E-state index contributed by atoms with van der Waals surface area (Å²) in [5.41, 5.74) is 1.31. The molecular formula is C15H21NO2S. The molecule has 0 saturated heterocycles. The van der Waals surface area contributed by atoms with Gasteiger partial charge in [0, 0.05) is 16.8 Å². The van der Waals surface area contributed by atoms with Crippen LogP contribution < -0.4 is 5.32 Å². The summed E-state index contributed by atoms with van der Waals surface area (Å²) in [5.74, 6) is 0.0409. The first-order valence-corrected chi connectivity index (χ1v) is 8.05. The number of carbonyl (C=O) groups excluding carboxylic acids is 1. The third-order valence-corrected chi connectivity index (χ3v) is 5.83. The molecule has 19 heavy (non-hydrogen) atoms. The van der Waals surface area contributed by atoms with Gasteiger partial charge in [-0.3, -0.25) is 4.79 Å². The number of thiophene rings is 1. The van der Waals surface area contributed by atoms with Crippen LogP contribution in [0.15, 0.2) is 6.07 Å². The van der Waals surface area contributed by atoms with Gasteiger partial charge in [-0.25, -0.2) is 0 Å². The van der Waals surface area contributed by atoms with E-state index in [1.165, 1.54) is 29.7 Å². The van der Waals surface area contributed by atoms with Crippen molar-refractivity contribution >= 4 is 17.2 Å². The minimum Gasteiger partial charge on any atom is -0.396 e. The highest BCUT2D eigenvalue weighted by Gasteiger charge is 2.33. The number of aryl methyl sites for hydroxylation is 2. The lowest BCUT2D eigenvalue weighted by Gasteiger charge is -2.26. The van der Waals surface area contributed by atoms with Crippen LogP contribution in [-0.2, 0) is 12.8 Å². The van der Waals surface area contributed by atoms with Crippen molar-refractivity contribution in [3.63, 3.8) is 0 Å². The standard InChI is InChI=1S/C15H21NO2S/c17-10-15(6-1-2-7-15)9-16-14(18)13-8-11-4-3-5-12(11)19-13/h8,17H,1-7,9-10H2,(H,16,18). The number of fused-ring (bicyclic) bond motifs is 1. The molecule has 0 spiro atoms. The third kappa shape index (κ3) is 2.56. The molecule has 2 aliphatic carbocycles. The van der Waals surface area contributed by atoms with Gasteiger partial charge >= 0.3 is 0 Å². The van der Waals surface area contributed by atoms with E-state index in [0.29, 0.717) is 6.54 Å². The van der Waals surface area contributed by atoms with Crippen molar-refractivity contribution in [1.29, 1.82) is 0 Å². The molecule has 2 aliphatic rings. The molecule has 0 radical (unpaired) electrons. The van der Waals surface area contributed by atoms with Crippen molar-refractivity contribution in [1.82, 2.24) is 5.32 Å². The first kappa shape index (κ1) is 13.1. The van der Waals surface area contributed by atoms with E-state index in [1.54, 1.807) is 11.3 Å². The largest absolute Gasteiger partial charge is 0.396 e. The highest BCUT2D eigenvalue weighted by molar-refractivity contribution is 7.14. The molecule has 104 valence electrons. The number of aliphatic hydroxyl groups is 1. The fraction of sp³-hybridized carbons (Fsp3) is 0.667.